The molecular formula is C38H48FNO4S. The van der Waals surface area contributed by atoms with Crippen molar-refractivity contribution >= 4 is 23.7 Å². The van der Waals surface area contributed by atoms with E-state index in [4.69, 9.17) is 15.2 Å². The van der Waals surface area contributed by atoms with Gasteiger partial charge in [0.25, 0.3) is 0 Å². The highest BCUT2D eigenvalue weighted by molar-refractivity contribution is 7.99. The fourth-order valence-electron chi connectivity index (χ4n) is 9.95. The van der Waals surface area contributed by atoms with Gasteiger partial charge in [0, 0.05) is 35.3 Å². The minimum Gasteiger partial charge on any atom is -0.423 e. The molecule has 7 heteroatoms. The van der Waals surface area contributed by atoms with Gasteiger partial charge in [-0.3, -0.25) is 9.59 Å². The predicted molar refractivity (Wildman–Crippen MR) is 177 cm³/mol. The summed E-state index contributed by atoms with van der Waals surface area (Å²) in [6.07, 6.45) is 10.0. The highest BCUT2D eigenvalue weighted by Crippen LogP contribution is 2.75. The van der Waals surface area contributed by atoms with Gasteiger partial charge in [-0.25, -0.2) is 4.39 Å². The summed E-state index contributed by atoms with van der Waals surface area (Å²) < 4.78 is 25.4. The van der Waals surface area contributed by atoms with Crippen LogP contribution in [0.2, 0.25) is 0 Å². The van der Waals surface area contributed by atoms with E-state index in [1.54, 1.807) is 11.8 Å². The summed E-state index contributed by atoms with van der Waals surface area (Å²) in [5.74, 6) is -0.137. The standard InChI is InChI=1S/C38H48FNO4S/c1-22-32-27(19-28(43-23(2)41)33(22)44-24(3)42)36(6)16-18-38(8)31-21-35(5,40)15-13-34(31,4)14-17-37(38,7)30(36)20-29(32)45-26-11-9-25(39)10-12-26/h9-12,19-20,29,31H,13-18,21,40H2,1-8H3/t29?,31-,34-,35-,36+,37-,38+/m1/s1. The fraction of sp³-hybridized carbons (Fsp3) is 0.579. The van der Waals surface area contributed by atoms with Crippen LogP contribution in [-0.2, 0) is 15.0 Å². The summed E-state index contributed by atoms with van der Waals surface area (Å²) in [4.78, 5) is 25.5. The van der Waals surface area contributed by atoms with Gasteiger partial charge in [0.15, 0.2) is 11.5 Å². The van der Waals surface area contributed by atoms with Crippen molar-refractivity contribution in [3.63, 3.8) is 0 Å². The molecule has 0 bridgehead atoms. The molecule has 2 N–H and O–H groups in total. The van der Waals surface area contributed by atoms with Crippen molar-refractivity contribution in [2.75, 3.05) is 0 Å². The smallest absolute Gasteiger partial charge is 0.308 e. The Labute approximate surface area is 271 Å². The van der Waals surface area contributed by atoms with Crippen molar-refractivity contribution in [1.29, 1.82) is 0 Å². The summed E-state index contributed by atoms with van der Waals surface area (Å²) in [6.45, 7) is 16.8. The van der Waals surface area contributed by atoms with Crippen LogP contribution in [0.4, 0.5) is 4.39 Å². The number of hydrogen-bond donors (Lipinski definition) is 1. The van der Waals surface area contributed by atoms with Crippen LogP contribution in [0.3, 0.4) is 0 Å². The van der Waals surface area contributed by atoms with Crippen molar-refractivity contribution in [3.8, 4) is 11.5 Å². The Morgan fingerprint density at radius 1 is 0.911 bits per heavy atom. The second kappa shape index (κ2) is 10.7. The van der Waals surface area contributed by atoms with Crippen LogP contribution < -0.4 is 15.2 Å². The van der Waals surface area contributed by atoms with Gasteiger partial charge in [-0.2, -0.15) is 0 Å². The fourth-order valence-corrected chi connectivity index (χ4v) is 11.2. The molecule has 242 valence electrons. The Hall–Kier alpha value is -2.64. The topological polar surface area (TPSA) is 78.6 Å². The second-order valence-electron chi connectivity index (χ2n) is 15.7. The molecule has 0 aromatic heterocycles. The molecule has 1 unspecified atom stereocenters. The number of carbonyl (C=O) groups is 2. The van der Waals surface area contributed by atoms with Crippen LogP contribution in [-0.4, -0.2) is 17.5 Å². The Kier molecular flexibility index (Phi) is 7.68. The van der Waals surface area contributed by atoms with E-state index in [1.165, 1.54) is 44.4 Å². The first-order valence-corrected chi connectivity index (χ1v) is 17.3. The van der Waals surface area contributed by atoms with E-state index in [1.807, 2.05) is 25.1 Å². The number of fused-ring (bicyclic) bond motifs is 7. The number of halogens is 1. The molecule has 3 fully saturated rings. The maximum atomic E-state index is 13.9. The number of rotatable bonds is 4. The SMILES string of the molecule is CC(=O)Oc1cc2c(c(C)c1OC(C)=O)C(Sc1ccc(F)cc1)C=C1[C@@]2(C)CC[C@@]2(C)[C@@H]3C[C@](C)(N)CC[C@]3(C)CC[C@]12C. The van der Waals surface area contributed by atoms with E-state index >= 15 is 0 Å². The quantitative estimate of drug-likeness (QED) is 0.206. The van der Waals surface area contributed by atoms with E-state index < -0.39 is 11.9 Å². The van der Waals surface area contributed by atoms with Crippen molar-refractivity contribution in [2.45, 2.75) is 121 Å². The largest absolute Gasteiger partial charge is 0.423 e. The molecule has 7 atom stereocenters. The first kappa shape index (κ1) is 32.3. The average molecular weight is 634 g/mol. The van der Waals surface area contributed by atoms with Gasteiger partial charge in [0.2, 0.25) is 0 Å². The first-order valence-electron chi connectivity index (χ1n) is 16.4. The minimum absolute atomic E-state index is 0.0560. The number of carbonyl (C=O) groups excluding carboxylic acids is 2. The van der Waals surface area contributed by atoms with Crippen molar-refractivity contribution < 1.29 is 23.5 Å². The van der Waals surface area contributed by atoms with E-state index in [2.05, 4.69) is 40.7 Å². The molecule has 0 radical (unpaired) electrons. The maximum Gasteiger partial charge on any atom is 0.308 e. The van der Waals surface area contributed by atoms with Crippen molar-refractivity contribution in [3.05, 3.63) is 64.5 Å². The third-order valence-corrected chi connectivity index (χ3v) is 13.8. The van der Waals surface area contributed by atoms with Gasteiger partial charge in [0.05, 0.1) is 5.25 Å². The molecule has 2 aromatic carbocycles. The highest BCUT2D eigenvalue weighted by Gasteiger charge is 2.66. The van der Waals surface area contributed by atoms with Gasteiger partial charge >= 0.3 is 11.9 Å². The van der Waals surface area contributed by atoms with Crippen LogP contribution >= 0.6 is 11.8 Å². The number of nitrogens with two attached hydrogens (primary N) is 1. The van der Waals surface area contributed by atoms with Gasteiger partial charge in [-0.05, 0) is 122 Å². The van der Waals surface area contributed by atoms with E-state index in [-0.39, 0.29) is 49.8 Å². The molecule has 6 rings (SSSR count). The molecule has 0 heterocycles. The van der Waals surface area contributed by atoms with Crippen LogP contribution in [0.5, 0.6) is 11.5 Å². The van der Waals surface area contributed by atoms with Gasteiger partial charge in [-0.1, -0.05) is 39.3 Å². The summed E-state index contributed by atoms with van der Waals surface area (Å²) in [7, 11) is 0. The Morgan fingerprint density at radius 2 is 1.56 bits per heavy atom. The lowest BCUT2D eigenvalue weighted by Crippen LogP contribution is -2.63. The number of allylic oxidation sites excluding steroid dienone is 1. The zero-order chi connectivity index (χ0) is 32.7. The van der Waals surface area contributed by atoms with Crippen molar-refractivity contribution in [2.24, 2.45) is 27.9 Å². The first-order chi connectivity index (χ1) is 20.9. The van der Waals surface area contributed by atoms with Crippen LogP contribution in [0.25, 0.3) is 0 Å². The zero-order valence-electron chi connectivity index (χ0n) is 28.1. The van der Waals surface area contributed by atoms with E-state index in [0.29, 0.717) is 5.92 Å². The lowest BCUT2D eigenvalue weighted by Gasteiger charge is -2.70. The summed E-state index contributed by atoms with van der Waals surface area (Å²) in [6, 6.07) is 8.61. The van der Waals surface area contributed by atoms with Crippen molar-refractivity contribution in [1.82, 2.24) is 0 Å². The molecular weight excluding hydrogens is 585 g/mol. The molecule has 0 amide bonds. The molecule has 0 aliphatic heterocycles. The third kappa shape index (κ3) is 5.08. The molecule has 2 aromatic rings. The summed E-state index contributed by atoms with van der Waals surface area (Å²) in [5, 5.41) is -0.118. The number of ether oxygens (including phenoxy) is 2. The minimum atomic E-state index is -0.474. The normalized spacial score (nSPS) is 36.9. The molecule has 3 saturated carbocycles. The zero-order valence-corrected chi connectivity index (χ0v) is 28.9. The number of thioether (sulfide) groups is 1. The Balaban J connectivity index is 1.57. The summed E-state index contributed by atoms with van der Waals surface area (Å²) in [5.41, 5.74) is 11.1. The molecule has 5 nitrogen and oxygen atoms in total. The maximum absolute atomic E-state index is 13.9. The van der Waals surface area contributed by atoms with Gasteiger partial charge in [-0.15, -0.1) is 11.8 Å². The van der Waals surface area contributed by atoms with Gasteiger partial charge in [0.1, 0.15) is 5.82 Å². The number of benzene rings is 2. The lowest BCUT2D eigenvalue weighted by atomic mass is 9.35. The molecule has 45 heavy (non-hydrogen) atoms. The predicted octanol–water partition coefficient (Wildman–Crippen LogP) is 9.14. The van der Waals surface area contributed by atoms with Crippen LogP contribution in [0, 0.1) is 34.9 Å². The Bertz CT molecular complexity index is 1600. The highest BCUT2D eigenvalue weighted by atomic mass is 32.2. The monoisotopic (exact) mass is 633 g/mol. The van der Waals surface area contributed by atoms with Crippen LogP contribution in [0.1, 0.15) is 115 Å². The van der Waals surface area contributed by atoms with E-state index in [9.17, 15) is 14.0 Å². The van der Waals surface area contributed by atoms with E-state index in [0.717, 1.165) is 53.7 Å². The third-order valence-electron chi connectivity index (χ3n) is 12.6. The number of esters is 2. The lowest BCUT2D eigenvalue weighted by molar-refractivity contribution is -0.148. The summed E-state index contributed by atoms with van der Waals surface area (Å²) >= 11 is 1.68. The second-order valence-corrected chi connectivity index (χ2v) is 16.9. The average Bonchev–Trinajstić information content (AvgIpc) is 2.95. The molecule has 0 spiro atoms. The number of hydrogen-bond acceptors (Lipinski definition) is 6. The van der Waals surface area contributed by atoms with Gasteiger partial charge < -0.3 is 15.2 Å². The molecule has 4 aliphatic rings. The van der Waals surface area contributed by atoms with Crippen LogP contribution in [0.15, 0.2) is 46.9 Å². The Morgan fingerprint density at radius 3 is 2.20 bits per heavy atom. The molecule has 0 saturated heterocycles. The molecule has 4 aliphatic carbocycles.